The average molecular weight is 399 g/mol. The molecule has 4 rings (SSSR count). The van der Waals surface area contributed by atoms with E-state index in [1.165, 1.54) is 6.26 Å². The summed E-state index contributed by atoms with van der Waals surface area (Å²) < 4.78 is 19.0. The van der Waals surface area contributed by atoms with Crippen LogP contribution in [0.2, 0.25) is 0 Å². The molecule has 1 fully saturated rings. The van der Waals surface area contributed by atoms with Crippen LogP contribution in [0.1, 0.15) is 35.4 Å². The molecule has 1 saturated carbocycles. The minimum absolute atomic E-state index is 0.0762. The second-order valence-electron chi connectivity index (χ2n) is 7.33. The summed E-state index contributed by atoms with van der Waals surface area (Å²) in [4.78, 5) is 14.5. The summed E-state index contributed by atoms with van der Waals surface area (Å²) in [6.07, 6.45) is 4.67. The zero-order valence-electron chi connectivity index (χ0n) is 16.0. The van der Waals surface area contributed by atoms with E-state index < -0.39 is 9.73 Å². The maximum Gasteiger partial charge on any atom is 0.257 e. The summed E-state index contributed by atoms with van der Waals surface area (Å²) in [6, 6.07) is 2.22. The first-order valence-electron chi connectivity index (χ1n) is 9.11. The fourth-order valence-electron chi connectivity index (χ4n) is 3.30. The number of carbonyl (C=O) groups is 1. The number of hydrogen-bond donors (Lipinski definition) is 0. The first-order chi connectivity index (χ1) is 13.3. The highest BCUT2D eigenvalue weighted by Crippen LogP contribution is 2.32. The van der Waals surface area contributed by atoms with Crippen molar-refractivity contribution in [3.8, 4) is 6.07 Å². The van der Waals surface area contributed by atoms with Crippen LogP contribution in [0.25, 0.3) is 0 Å². The van der Waals surface area contributed by atoms with Gasteiger partial charge in [-0.15, -0.1) is 5.10 Å². The fraction of sp³-hybridized carbons (Fsp3) is 0.500. The topological polar surface area (TPSA) is 117 Å². The van der Waals surface area contributed by atoms with Crippen LogP contribution in [-0.4, -0.2) is 42.9 Å². The molecule has 0 bridgehead atoms. The Kier molecular flexibility index (Phi) is 4.42. The predicted octanol–water partition coefficient (Wildman–Crippen LogP) is 1.58. The Morgan fingerprint density at radius 1 is 1.32 bits per heavy atom. The van der Waals surface area contributed by atoms with Gasteiger partial charge in [0.15, 0.2) is 5.82 Å². The van der Waals surface area contributed by atoms with Crippen LogP contribution in [0, 0.1) is 31.1 Å². The molecule has 0 N–H and O–H groups in total. The standard InChI is InChI=1S/C18H21N7O2S/c1-11-12(2)21-22-17(14(11)8-19)24-6-7-25-15(10-24)16(9-20-25)28(3,27)23-18(26)13-4-5-13/h9,13H,4-7,10H2,1-3H3. The van der Waals surface area contributed by atoms with Gasteiger partial charge in [-0.2, -0.15) is 19.8 Å². The predicted molar refractivity (Wildman–Crippen MR) is 102 cm³/mol. The van der Waals surface area contributed by atoms with E-state index >= 15 is 0 Å². The Balaban J connectivity index is 1.72. The molecule has 1 aliphatic heterocycles. The third-order valence-electron chi connectivity index (χ3n) is 5.28. The lowest BCUT2D eigenvalue weighted by molar-refractivity contribution is -0.118. The highest BCUT2D eigenvalue weighted by atomic mass is 32.2. The number of nitrogens with zero attached hydrogens (tertiary/aromatic N) is 7. The largest absolute Gasteiger partial charge is 0.346 e. The van der Waals surface area contributed by atoms with Gasteiger partial charge in [0.2, 0.25) is 0 Å². The van der Waals surface area contributed by atoms with Gasteiger partial charge < -0.3 is 4.90 Å². The molecule has 9 nitrogen and oxygen atoms in total. The van der Waals surface area contributed by atoms with Crippen LogP contribution in [-0.2, 0) is 27.6 Å². The zero-order valence-corrected chi connectivity index (χ0v) is 16.9. The van der Waals surface area contributed by atoms with Gasteiger partial charge in [0.05, 0.1) is 45.3 Å². The number of rotatable bonds is 3. The Bertz CT molecular complexity index is 1130. The van der Waals surface area contributed by atoms with Gasteiger partial charge >= 0.3 is 0 Å². The molecule has 0 spiro atoms. The van der Waals surface area contributed by atoms with Crippen LogP contribution in [0.15, 0.2) is 15.5 Å². The lowest BCUT2D eigenvalue weighted by Crippen LogP contribution is -2.36. The number of carbonyl (C=O) groups excluding carboxylic acids is 1. The maximum absolute atomic E-state index is 13.2. The van der Waals surface area contributed by atoms with E-state index in [0.29, 0.717) is 35.9 Å². The molecule has 0 saturated heterocycles. The Morgan fingerprint density at radius 2 is 2.07 bits per heavy atom. The van der Waals surface area contributed by atoms with Crippen LogP contribution in [0.5, 0.6) is 0 Å². The molecule has 2 aliphatic rings. The van der Waals surface area contributed by atoms with Gasteiger partial charge in [0, 0.05) is 18.7 Å². The van der Waals surface area contributed by atoms with Crippen molar-refractivity contribution < 1.29 is 9.00 Å². The lowest BCUT2D eigenvalue weighted by Gasteiger charge is -2.30. The van der Waals surface area contributed by atoms with E-state index in [1.54, 1.807) is 10.9 Å². The molecule has 1 atom stereocenters. The smallest absolute Gasteiger partial charge is 0.257 e. The second kappa shape index (κ2) is 6.67. The molecule has 146 valence electrons. The summed E-state index contributed by atoms with van der Waals surface area (Å²) in [7, 11) is -2.88. The van der Waals surface area contributed by atoms with Crippen molar-refractivity contribution in [1.29, 1.82) is 5.26 Å². The molecule has 3 heterocycles. The summed E-state index contributed by atoms with van der Waals surface area (Å²) >= 11 is 0. The van der Waals surface area contributed by atoms with Crippen molar-refractivity contribution in [1.82, 2.24) is 20.0 Å². The Hall–Kier alpha value is -2.80. The number of aromatic nitrogens is 4. The number of anilines is 1. The number of aryl methyl sites for hydroxylation is 1. The van der Waals surface area contributed by atoms with Crippen LogP contribution in [0.3, 0.4) is 0 Å². The van der Waals surface area contributed by atoms with Crippen molar-refractivity contribution in [3.05, 3.63) is 28.7 Å². The van der Waals surface area contributed by atoms with Crippen molar-refractivity contribution >= 4 is 21.5 Å². The number of hydrogen-bond acceptors (Lipinski definition) is 7. The van der Waals surface area contributed by atoms with Crippen molar-refractivity contribution in [2.45, 2.75) is 44.7 Å². The van der Waals surface area contributed by atoms with E-state index in [-0.39, 0.29) is 11.8 Å². The minimum Gasteiger partial charge on any atom is -0.346 e. The van der Waals surface area contributed by atoms with Gasteiger partial charge in [-0.3, -0.25) is 9.48 Å². The van der Waals surface area contributed by atoms with Crippen LogP contribution >= 0.6 is 0 Å². The number of nitriles is 1. The van der Waals surface area contributed by atoms with Crippen LogP contribution < -0.4 is 4.90 Å². The van der Waals surface area contributed by atoms with Crippen LogP contribution in [0.4, 0.5) is 5.82 Å². The quantitative estimate of drug-likeness (QED) is 0.769. The van der Waals surface area contributed by atoms with E-state index in [0.717, 1.165) is 29.8 Å². The van der Waals surface area contributed by atoms with Gasteiger partial charge in [-0.25, -0.2) is 4.21 Å². The third-order valence-corrected chi connectivity index (χ3v) is 6.96. The van der Waals surface area contributed by atoms with Gasteiger partial charge in [0.25, 0.3) is 5.91 Å². The average Bonchev–Trinajstić information content (AvgIpc) is 3.42. The summed E-state index contributed by atoms with van der Waals surface area (Å²) in [5.41, 5.74) is 2.75. The molecular weight excluding hydrogens is 378 g/mol. The fourth-order valence-corrected chi connectivity index (χ4v) is 4.74. The molecule has 0 aromatic carbocycles. The SMILES string of the molecule is Cc1nnc(N2CCn3ncc(S(C)(=O)=NC(=O)C4CC4)c3C2)c(C#N)c1C. The Morgan fingerprint density at radius 3 is 2.75 bits per heavy atom. The summed E-state index contributed by atoms with van der Waals surface area (Å²) in [5.74, 6) is 0.150. The molecular formula is C18H21N7O2S. The third kappa shape index (κ3) is 3.16. The van der Waals surface area contributed by atoms with Crippen molar-refractivity contribution in [3.63, 3.8) is 0 Å². The molecule has 1 unspecified atom stereocenters. The van der Waals surface area contributed by atoms with E-state index in [1.807, 2.05) is 18.7 Å². The van der Waals surface area contributed by atoms with E-state index in [4.69, 9.17) is 0 Å². The monoisotopic (exact) mass is 399 g/mol. The van der Waals surface area contributed by atoms with Gasteiger partial charge in [0.1, 0.15) is 11.6 Å². The highest BCUT2D eigenvalue weighted by Gasteiger charge is 2.32. The second-order valence-corrected chi connectivity index (χ2v) is 9.55. The molecule has 2 aromatic heterocycles. The molecule has 2 aromatic rings. The highest BCUT2D eigenvalue weighted by molar-refractivity contribution is 7.93. The number of fused-ring (bicyclic) bond motifs is 1. The maximum atomic E-state index is 13.2. The van der Waals surface area contributed by atoms with Gasteiger partial charge in [-0.05, 0) is 32.3 Å². The minimum atomic E-state index is -2.88. The normalized spacial score (nSPS) is 18.1. The van der Waals surface area contributed by atoms with Crippen molar-refractivity contribution in [2.24, 2.45) is 10.3 Å². The molecule has 1 amide bonds. The summed E-state index contributed by atoms with van der Waals surface area (Å²) in [5, 5.41) is 22.3. The first kappa shape index (κ1) is 18.6. The number of amides is 1. The molecule has 1 aliphatic carbocycles. The molecule has 0 radical (unpaired) electrons. The lowest BCUT2D eigenvalue weighted by atomic mass is 10.1. The molecule has 28 heavy (non-hydrogen) atoms. The first-order valence-corrected chi connectivity index (χ1v) is 11.0. The van der Waals surface area contributed by atoms with Crippen molar-refractivity contribution in [2.75, 3.05) is 17.7 Å². The Labute approximate surface area is 163 Å². The van der Waals surface area contributed by atoms with Gasteiger partial charge in [-0.1, -0.05) is 0 Å². The van der Waals surface area contributed by atoms with E-state index in [9.17, 15) is 14.3 Å². The zero-order chi connectivity index (χ0) is 20.1. The summed E-state index contributed by atoms with van der Waals surface area (Å²) in [6.45, 7) is 5.21. The molecule has 10 heteroatoms. The van der Waals surface area contributed by atoms with E-state index in [2.05, 4.69) is 25.7 Å².